The van der Waals surface area contributed by atoms with Crippen molar-refractivity contribution in [3.8, 4) is 5.69 Å². The van der Waals surface area contributed by atoms with Crippen LogP contribution in [0.15, 0.2) is 52.8 Å². The summed E-state index contributed by atoms with van der Waals surface area (Å²) in [5.41, 5.74) is 0.388. The Morgan fingerprint density at radius 1 is 1.21 bits per heavy atom. The number of thiol groups is 1. The minimum atomic E-state index is -1.48. The van der Waals surface area contributed by atoms with Crippen LogP contribution in [0.1, 0.15) is 67.8 Å². The Morgan fingerprint density at radius 3 is 2.74 bits per heavy atom. The molecule has 42 heavy (non-hydrogen) atoms. The van der Waals surface area contributed by atoms with Gasteiger partial charge in [0.15, 0.2) is 11.4 Å². The number of hydrogen-bond acceptors (Lipinski definition) is 6. The van der Waals surface area contributed by atoms with Gasteiger partial charge in [-0.3, -0.25) is 4.79 Å². The van der Waals surface area contributed by atoms with E-state index in [9.17, 15) is 23.5 Å². The fourth-order valence-electron chi connectivity index (χ4n) is 9.18. The number of hydrogen-bond donors (Lipinski definition) is 2. The molecule has 3 fully saturated rings. The molecule has 2 aromatic heterocycles. The van der Waals surface area contributed by atoms with Crippen LogP contribution in [0.3, 0.4) is 0 Å². The van der Waals surface area contributed by atoms with Crippen molar-refractivity contribution in [3.63, 3.8) is 0 Å². The summed E-state index contributed by atoms with van der Waals surface area (Å²) in [5.74, 6) is -2.01. The fourth-order valence-corrected chi connectivity index (χ4v) is 9.60. The zero-order valence-corrected chi connectivity index (χ0v) is 24.2. The van der Waals surface area contributed by atoms with Crippen molar-refractivity contribution in [1.82, 2.24) is 9.78 Å². The Morgan fingerprint density at radius 2 is 2.02 bits per heavy atom. The lowest BCUT2D eigenvalue weighted by Gasteiger charge is -2.60. The summed E-state index contributed by atoms with van der Waals surface area (Å²) in [6.45, 7) is 4.14. The minimum absolute atomic E-state index is 0.0178. The van der Waals surface area contributed by atoms with Crippen LogP contribution in [0.2, 0.25) is 0 Å². The van der Waals surface area contributed by atoms with E-state index in [-0.39, 0.29) is 41.0 Å². The molecule has 7 rings (SSSR count). The van der Waals surface area contributed by atoms with E-state index in [4.69, 9.17) is 9.15 Å². The Balaban J connectivity index is 1.23. The third kappa shape index (κ3) is 3.70. The maximum absolute atomic E-state index is 14.7. The molecule has 7 nitrogen and oxygen atoms in total. The number of ether oxygens (including phenoxy) is 1. The molecule has 3 aromatic rings. The lowest BCUT2D eigenvalue weighted by Crippen LogP contribution is -2.62. The molecular formula is C32H32F2N2O5S. The summed E-state index contributed by atoms with van der Waals surface area (Å²) in [5, 5.41) is 15.9. The molecule has 0 amide bonds. The largest absolute Gasteiger partial charge is 0.457 e. The third-order valence-electron chi connectivity index (χ3n) is 11.0. The molecule has 7 atom stereocenters. The third-order valence-corrected chi connectivity index (χ3v) is 11.4. The summed E-state index contributed by atoms with van der Waals surface area (Å²) < 4.78 is 41.0. The maximum Gasteiger partial charge on any atom is 0.375 e. The highest BCUT2D eigenvalue weighted by atomic mass is 32.1. The molecule has 0 aliphatic heterocycles. The zero-order chi connectivity index (χ0) is 29.6. The number of furan rings is 1. The first kappa shape index (κ1) is 27.6. The van der Waals surface area contributed by atoms with Crippen LogP contribution in [-0.2, 0) is 16.0 Å². The normalized spacial score (nSPS) is 35.0. The predicted molar refractivity (Wildman–Crippen MR) is 152 cm³/mol. The smallest absolute Gasteiger partial charge is 0.375 e. The van der Waals surface area contributed by atoms with Gasteiger partial charge in [-0.2, -0.15) is 5.10 Å². The highest BCUT2D eigenvalue weighted by Gasteiger charge is 2.70. The van der Waals surface area contributed by atoms with Crippen molar-refractivity contribution in [1.29, 1.82) is 0 Å². The van der Waals surface area contributed by atoms with E-state index in [1.165, 1.54) is 34.7 Å². The van der Waals surface area contributed by atoms with Crippen molar-refractivity contribution < 1.29 is 32.6 Å². The molecule has 4 aliphatic rings. The van der Waals surface area contributed by atoms with Gasteiger partial charge in [-0.05, 0) is 97.6 Å². The number of aliphatic hydroxyl groups is 1. The Labute approximate surface area is 247 Å². The number of carbonyl (C=O) groups excluding carboxylic acids is 2. The van der Waals surface area contributed by atoms with Gasteiger partial charge in [-0.1, -0.05) is 19.4 Å². The highest BCUT2D eigenvalue weighted by Crippen LogP contribution is 2.68. The Hall–Kier alpha value is -3.24. The molecule has 1 aromatic carbocycles. The van der Waals surface area contributed by atoms with Gasteiger partial charge in [-0.25, -0.2) is 18.3 Å². The van der Waals surface area contributed by atoms with Gasteiger partial charge < -0.3 is 14.3 Å². The van der Waals surface area contributed by atoms with Gasteiger partial charge in [-0.15, -0.1) is 12.6 Å². The number of rotatable bonds is 4. The van der Waals surface area contributed by atoms with Crippen LogP contribution in [-0.4, -0.2) is 37.7 Å². The van der Waals surface area contributed by atoms with Crippen molar-refractivity contribution in [2.45, 2.75) is 64.1 Å². The molecule has 4 aliphatic carbocycles. The van der Waals surface area contributed by atoms with Gasteiger partial charge in [0.1, 0.15) is 11.5 Å². The van der Waals surface area contributed by atoms with Crippen LogP contribution >= 0.6 is 12.6 Å². The van der Waals surface area contributed by atoms with E-state index in [0.717, 1.165) is 30.2 Å². The molecule has 220 valence electrons. The second-order valence-corrected chi connectivity index (χ2v) is 13.3. The number of esters is 1. The first-order valence-corrected chi connectivity index (χ1v) is 14.8. The number of halogens is 2. The van der Waals surface area contributed by atoms with Gasteiger partial charge >= 0.3 is 5.97 Å². The van der Waals surface area contributed by atoms with Crippen LogP contribution in [0, 0.1) is 40.2 Å². The quantitative estimate of drug-likeness (QED) is 0.287. The van der Waals surface area contributed by atoms with Crippen molar-refractivity contribution in [2.24, 2.45) is 28.6 Å². The van der Waals surface area contributed by atoms with E-state index in [1.54, 1.807) is 12.3 Å². The summed E-state index contributed by atoms with van der Waals surface area (Å²) in [6, 6.07) is 6.55. The van der Waals surface area contributed by atoms with E-state index in [1.807, 2.05) is 6.92 Å². The molecule has 1 N–H and O–H groups in total. The molecule has 0 spiro atoms. The summed E-state index contributed by atoms with van der Waals surface area (Å²) >= 11 is 4.24. The van der Waals surface area contributed by atoms with Gasteiger partial charge in [0.05, 0.1) is 24.3 Å². The maximum atomic E-state index is 14.7. The van der Waals surface area contributed by atoms with Crippen LogP contribution < -0.4 is 0 Å². The molecule has 0 unspecified atom stereocenters. The number of nitrogens with zero attached hydrogens (tertiary/aromatic N) is 2. The lowest BCUT2D eigenvalue weighted by molar-refractivity contribution is -0.174. The average Bonchev–Trinajstić information content (AvgIpc) is 3.66. The molecule has 0 bridgehead atoms. The van der Waals surface area contributed by atoms with Crippen molar-refractivity contribution in [3.05, 3.63) is 77.0 Å². The lowest BCUT2D eigenvalue weighted by atomic mass is 9.45. The van der Waals surface area contributed by atoms with Gasteiger partial charge in [0.2, 0.25) is 10.9 Å². The molecular weight excluding hydrogens is 562 g/mol. The molecule has 3 saturated carbocycles. The van der Waals surface area contributed by atoms with Gasteiger partial charge in [0.25, 0.3) is 0 Å². The fraction of sp³-hybridized carbons (Fsp3) is 0.469. The summed E-state index contributed by atoms with van der Waals surface area (Å²) in [6.07, 6.45) is 7.87. The van der Waals surface area contributed by atoms with E-state index >= 15 is 0 Å². The van der Waals surface area contributed by atoms with Crippen molar-refractivity contribution >= 4 is 29.8 Å². The highest BCUT2D eigenvalue weighted by molar-refractivity contribution is 7.96. The molecule has 0 saturated heterocycles. The zero-order valence-electron chi connectivity index (χ0n) is 23.3. The Kier molecular flexibility index (Phi) is 6.16. The summed E-state index contributed by atoms with van der Waals surface area (Å²) in [7, 11) is 0. The number of fused-ring (bicyclic) bond motifs is 6. The van der Waals surface area contributed by atoms with E-state index in [2.05, 4.69) is 30.7 Å². The number of aliphatic hydroxyl groups excluding tert-OH is 1. The molecule has 2 heterocycles. The van der Waals surface area contributed by atoms with Crippen LogP contribution in [0.25, 0.3) is 11.8 Å². The Bertz CT molecular complexity index is 1640. The molecule has 0 radical (unpaired) electrons. The second-order valence-electron chi connectivity index (χ2n) is 12.9. The second kappa shape index (κ2) is 9.38. The predicted octanol–water partition coefficient (Wildman–Crippen LogP) is 5.95. The topological polar surface area (TPSA) is 94.6 Å². The van der Waals surface area contributed by atoms with E-state index in [0.29, 0.717) is 19.3 Å². The molecule has 10 heteroatoms. The van der Waals surface area contributed by atoms with Crippen LogP contribution in [0.4, 0.5) is 8.78 Å². The van der Waals surface area contributed by atoms with Crippen LogP contribution in [0.5, 0.6) is 0 Å². The van der Waals surface area contributed by atoms with Crippen molar-refractivity contribution in [2.75, 3.05) is 0 Å². The number of carbonyl (C=O) groups is 2. The number of allylic oxidation sites excluding steroid dienone is 1. The number of aromatic nitrogens is 2. The average molecular weight is 595 g/mol. The first-order chi connectivity index (χ1) is 20.0. The van der Waals surface area contributed by atoms with Gasteiger partial charge in [0, 0.05) is 11.5 Å². The summed E-state index contributed by atoms with van der Waals surface area (Å²) in [4.78, 5) is 26.2. The number of benzene rings is 1. The SMILES string of the molecule is C[C@]12Cc3cnn(-c4ccc(F)cc4F)c3C=C1CC[C@@H]1[C@@H]2[C@@H](O)C[C@@]2(C)[C@H]1CC[C@]2(OC(=O)c1ccco1)C(=O)S. The minimum Gasteiger partial charge on any atom is -0.457 e. The first-order valence-electron chi connectivity index (χ1n) is 14.4. The monoisotopic (exact) mass is 594 g/mol. The standard InChI is InChI=1S/C32H32F2N2O5S/c1-30-14-17-16-35-36(23-8-6-19(33)13-22(23)34)24(17)12-18(30)5-7-20-21-9-10-32(29(39)42,31(21,2)15-25(37)27(20)30)41-28(38)26-4-3-11-40-26/h3-4,6,8,11-13,16,20-21,25,27,37H,5,7,9-10,14-15H2,1-2H3,(H,39,42)/t20-,21-,25-,27+,30-,31-,32-/m0/s1. The van der Waals surface area contributed by atoms with E-state index < -0.39 is 39.8 Å².